The molecule has 0 bridgehead atoms. The number of aromatic nitrogens is 2. The Bertz CT molecular complexity index is 324. The molecule has 1 heterocycles. The summed E-state index contributed by atoms with van der Waals surface area (Å²) in [5, 5.41) is 0. The molecule has 1 rings (SSSR count). The minimum atomic E-state index is -1.98. The van der Waals surface area contributed by atoms with Gasteiger partial charge in [0.25, 0.3) is 0 Å². The third-order valence-corrected chi connectivity index (χ3v) is 2.76. The van der Waals surface area contributed by atoms with E-state index < -0.39 is 7.14 Å². The molecule has 0 saturated carbocycles. The quantitative estimate of drug-likeness (QED) is 0.703. The summed E-state index contributed by atoms with van der Waals surface area (Å²) in [6.45, 7) is 7.79. The first-order valence-corrected chi connectivity index (χ1v) is 7.23. The SMILES string of the molecule is CC(C)c1cn(CP(C)(C)=O)cn1. The standard InChI is InChI=1S/C9H17N2OP/c1-8(2)9-5-11(6-10-9)7-13(3,4)12/h5-6,8H,7H2,1-4H3. The van der Waals surface area contributed by atoms with E-state index in [0.29, 0.717) is 12.2 Å². The lowest BCUT2D eigenvalue weighted by atomic mass is 10.2. The molecular formula is C9H17N2OP. The van der Waals surface area contributed by atoms with Crippen molar-refractivity contribution in [2.45, 2.75) is 26.1 Å². The summed E-state index contributed by atoms with van der Waals surface area (Å²) in [5.74, 6) is 0.439. The number of hydrogen-bond donors (Lipinski definition) is 0. The minimum absolute atomic E-state index is 0.439. The van der Waals surface area contributed by atoms with Crippen LogP contribution in [0, 0.1) is 0 Å². The maximum absolute atomic E-state index is 11.5. The molecule has 0 unspecified atom stereocenters. The molecule has 3 nitrogen and oxygen atoms in total. The Labute approximate surface area is 79.5 Å². The molecule has 0 aromatic carbocycles. The zero-order chi connectivity index (χ0) is 10.1. The second-order valence-electron chi connectivity index (χ2n) is 4.18. The highest BCUT2D eigenvalue weighted by atomic mass is 31.2. The van der Waals surface area contributed by atoms with Crippen molar-refractivity contribution in [2.24, 2.45) is 0 Å². The Morgan fingerprint density at radius 2 is 2.15 bits per heavy atom. The fourth-order valence-corrected chi connectivity index (χ4v) is 2.09. The van der Waals surface area contributed by atoms with Crippen molar-refractivity contribution in [3.63, 3.8) is 0 Å². The molecule has 0 fully saturated rings. The van der Waals surface area contributed by atoms with Crippen LogP contribution in [0.2, 0.25) is 0 Å². The van der Waals surface area contributed by atoms with Crippen molar-refractivity contribution < 1.29 is 4.57 Å². The molecule has 4 heteroatoms. The topological polar surface area (TPSA) is 34.9 Å². The molecule has 13 heavy (non-hydrogen) atoms. The predicted octanol–water partition coefficient (Wildman–Crippen LogP) is 2.59. The monoisotopic (exact) mass is 200 g/mol. The lowest BCUT2D eigenvalue weighted by molar-refractivity contribution is 0.574. The van der Waals surface area contributed by atoms with Gasteiger partial charge in [0.05, 0.1) is 18.3 Å². The van der Waals surface area contributed by atoms with Gasteiger partial charge in [-0.2, -0.15) is 0 Å². The lowest BCUT2D eigenvalue weighted by Crippen LogP contribution is -1.94. The van der Waals surface area contributed by atoms with Gasteiger partial charge < -0.3 is 9.13 Å². The van der Waals surface area contributed by atoms with E-state index in [1.54, 1.807) is 19.7 Å². The average Bonchev–Trinajstić information content (AvgIpc) is 2.31. The molecule has 1 aromatic heterocycles. The molecule has 0 N–H and O–H groups in total. The Morgan fingerprint density at radius 1 is 1.54 bits per heavy atom. The third-order valence-electron chi connectivity index (χ3n) is 1.75. The van der Waals surface area contributed by atoms with Crippen molar-refractivity contribution in [2.75, 3.05) is 13.3 Å². The largest absolute Gasteiger partial charge is 0.330 e. The van der Waals surface area contributed by atoms with Gasteiger partial charge in [0.2, 0.25) is 0 Å². The van der Waals surface area contributed by atoms with Gasteiger partial charge in [-0.15, -0.1) is 0 Å². The van der Waals surface area contributed by atoms with Crippen molar-refractivity contribution in [1.82, 2.24) is 9.55 Å². The molecular weight excluding hydrogens is 183 g/mol. The summed E-state index contributed by atoms with van der Waals surface area (Å²) in [7, 11) is -1.98. The van der Waals surface area contributed by atoms with Crippen LogP contribution in [0.4, 0.5) is 0 Å². The van der Waals surface area contributed by atoms with Gasteiger partial charge in [0.1, 0.15) is 7.14 Å². The maximum Gasteiger partial charge on any atom is 0.101 e. The third kappa shape index (κ3) is 3.35. The van der Waals surface area contributed by atoms with Crippen LogP contribution in [0.25, 0.3) is 0 Å². The van der Waals surface area contributed by atoms with Gasteiger partial charge in [-0.05, 0) is 19.2 Å². The molecule has 0 amide bonds. The molecule has 0 aliphatic heterocycles. The highest BCUT2D eigenvalue weighted by Gasteiger charge is 2.09. The van der Waals surface area contributed by atoms with E-state index in [-0.39, 0.29) is 0 Å². The van der Waals surface area contributed by atoms with Gasteiger partial charge in [-0.3, -0.25) is 0 Å². The fraction of sp³-hybridized carbons (Fsp3) is 0.667. The van der Waals surface area contributed by atoms with Crippen molar-refractivity contribution in [3.05, 3.63) is 18.2 Å². The average molecular weight is 200 g/mol. The summed E-state index contributed by atoms with van der Waals surface area (Å²) in [6, 6.07) is 0. The number of rotatable bonds is 3. The van der Waals surface area contributed by atoms with Gasteiger partial charge in [0, 0.05) is 6.20 Å². The van der Waals surface area contributed by atoms with Gasteiger partial charge >= 0.3 is 0 Å². The van der Waals surface area contributed by atoms with Crippen molar-refractivity contribution >= 4 is 7.14 Å². The summed E-state index contributed by atoms with van der Waals surface area (Å²) in [5.41, 5.74) is 1.06. The van der Waals surface area contributed by atoms with E-state index in [9.17, 15) is 4.57 Å². The zero-order valence-electron chi connectivity index (χ0n) is 8.69. The first-order chi connectivity index (χ1) is 5.88. The molecule has 0 spiro atoms. The zero-order valence-corrected chi connectivity index (χ0v) is 9.58. The predicted molar refractivity (Wildman–Crippen MR) is 55.8 cm³/mol. The van der Waals surface area contributed by atoms with Crippen LogP contribution >= 0.6 is 7.14 Å². The molecule has 74 valence electrons. The first kappa shape index (κ1) is 10.5. The van der Waals surface area contributed by atoms with Crippen molar-refractivity contribution in [3.8, 4) is 0 Å². The molecule has 1 aromatic rings. The van der Waals surface area contributed by atoms with Gasteiger partial charge in [-0.1, -0.05) is 13.8 Å². The number of imidazole rings is 1. The Balaban J connectivity index is 2.75. The van der Waals surface area contributed by atoms with Gasteiger partial charge in [-0.25, -0.2) is 4.98 Å². The highest BCUT2D eigenvalue weighted by Crippen LogP contribution is 2.37. The second-order valence-corrected chi connectivity index (χ2v) is 7.61. The summed E-state index contributed by atoms with van der Waals surface area (Å²) < 4.78 is 13.4. The molecule has 0 atom stereocenters. The molecule has 0 aliphatic carbocycles. The van der Waals surface area contributed by atoms with E-state index in [0.717, 1.165) is 5.69 Å². The van der Waals surface area contributed by atoms with E-state index in [1.807, 2.05) is 10.8 Å². The second kappa shape index (κ2) is 3.67. The normalized spacial score (nSPS) is 12.4. The Hall–Kier alpha value is -0.560. The van der Waals surface area contributed by atoms with Gasteiger partial charge in [0.15, 0.2) is 0 Å². The number of nitrogens with zero attached hydrogens (tertiary/aromatic N) is 2. The number of hydrogen-bond acceptors (Lipinski definition) is 2. The molecule has 0 radical (unpaired) electrons. The lowest BCUT2D eigenvalue weighted by Gasteiger charge is -2.06. The van der Waals surface area contributed by atoms with Crippen molar-refractivity contribution in [1.29, 1.82) is 0 Å². The first-order valence-electron chi connectivity index (χ1n) is 4.44. The van der Waals surface area contributed by atoms with E-state index in [4.69, 9.17) is 0 Å². The summed E-state index contributed by atoms with van der Waals surface area (Å²) in [6.07, 6.45) is 4.33. The molecule has 0 saturated heterocycles. The van der Waals surface area contributed by atoms with Crippen LogP contribution in [-0.4, -0.2) is 22.9 Å². The van der Waals surface area contributed by atoms with Crippen LogP contribution < -0.4 is 0 Å². The van der Waals surface area contributed by atoms with Crippen LogP contribution in [0.15, 0.2) is 12.5 Å². The molecule has 0 aliphatic rings. The van der Waals surface area contributed by atoms with E-state index >= 15 is 0 Å². The minimum Gasteiger partial charge on any atom is -0.330 e. The highest BCUT2D eigenvalue weighted by molar-refractivity contribution is 7.61. The van der Waals surface area contributed by atoms with Crippen LogP contribution in [0.1, 0.15) is 25.5 Å². The van der Waals surface area contributed by atoms with Crippen LogP contribution in [0.5, 0.6) is 0 Å². The summed E-state index contributed by atoms with van der Waals surface area (Å²) >= 11 is 0. The summed E-state index contributed by atoms with van der Waals surface area (Å²) in [4.78, 5) is 4.24. The fourth-order valence-electron chi connectivity index (χ4n) is 1.15. The Morgan fingerprint density at radius 3 is 2.54 bits per heavy atom. The smallest absolute Gasteiger partial charge is 0.101 e. The maximum atomic E-state index is 11.5. The van der Waals surface area contributed by atoms with Crippen LogP contribution in [0.3, 0.4) is 0 Å². The van der Waals surface area contributed by atoms with E-state index in [1.165, 1.54) is 0 Å². The van der Waals surface area contributed by atoms with Crippen LogP contribution in [-0.2, 0) is 10.9 Å². The Kier molecular flexibility index (Phi) is 2.97. The van der Waals surface area contributed by atoms with E-state index in [2.05, 4.69) is 18.8 Å².